The standard InChI is InChI=1S/C19H22N2O9S/c1-13-6-8-16(9-7-13)31(26,27)28-12-18(30-15(3)23)17(29-14(2)22)11-20-10-4-5-19(20)21(24)25/h4-10,17-18H,11-12H2,1-3H3. The van der Waals surface area contributed by atoms with Crippen LogP contribution in [-0.4, -0.2) is 48.7 Å². The van der Waals surface area contributed by atoms with Crippen molar-refractivity contribution in [3.8, 4) is 0 Å². The fourth-order valence-electron chi connectivity index (χ4n) is 2.72. The highest BCUT2D eigenvalue weighted by atomic mass is 32.2. The lowest BCUT2D eigenvalue weighted by molar-refractivity contribution is -0.392. The molecular weight excluding hydrogens is 432 g/mol. The lowest BCUT2D eigenvalue weighted by atomic mass is 10.2. The van der Waals surface area contributed by atoms with E-state index in [9.17, 15) is 28.1 Å². The van der Waals surface area contributed by atoms with Gasteiger partial charge in [0.2, 0.25) is 0 Å². The van der Waals surface area contributed by atoms with Crippen LogP contribution >= 0.6 is 0 Å². The molecule has 0 fully saturated rings. The van der Waals surface area contributed by atoms with Crippen LogP contribution in [0.2, 0.25) is 0 Å². The molecule has 0 aliphatic rings. The predicted molar refractivity (Wildman–Crippen MR) is 107 cm³/mol. The average Bonchev–Trinajstić information content (AvgIpc) is 3.13. The Morgan fingerprint density at radius 3 is 2.19 bits per heavy atom. The van der Waals surface area contributed by atoms with Crippen LogP contribution in [0.1, 0.15) is 19.4 Å². The Morgan fingerprint density at radius 2 is 1.65 bits per heavy atom. The van der Waals surface area contributed by atoms with Crippen molar-refractivity contribution in [2.75, 3.05) is 6.61 Å². The number of nitrogens with zero attached hydrogens (tertiary/aromatic N) is 2. The zero-order valence-electron chi connectivity index (χ0n) is 17.1. The number of esters is 2. The lowest BCUT2D eigenvalue weighted by Gasteiger charge is -2.25. The van der Waals surface area contributed by atoms with Gasteiger partial charge in [0.05, 0.1) is 11.1 Å². The van der Waals surface area contributed by atoms with Crippen LogP contribution in [-0.2, 0) is 39.9 Å². The fraction of sp³-hybridized carbons (Fsp3) is 0.368. The number of rotatable bonds is 10. The second kappa shape index (κ2) is 10.2. The zero-order chi connectivity index (χ0) is 23.2. The molecule has 0 radical (unpaired) electrons. The molecule has 0 amide bonds. The molecule has 1 aromatic carbocycles. The Bertz CT molecular complexity index is 1040. The molecule has 31 heavy (non-hydrogen) atoms. The third-order valence-corrected chi connectivity index (χ3v) is 5.41. The number of aromatic nitrogens is 1. The van der Waals surface area contributed by atoms with Crippen molar-refractivity contribution < 1.29 is 36.6 Å². The normalized spacial score (nSPS) is 13.3. The van der Waals surface area contributed by atoms with E-state index in [1.165, 1.54) is 35.0 Å². The molecule has 0 spiro atoms. The van der Waals surface area contributed by atoms with Crippen LogP contribution in [0.5, 0.6) is 0 Å². The minimum absolute atomic E-state index is 0.107. The first kappa shape index (κ1) is 24.0. The Hall–Kier alpha value is -3.25. The molecule has 1 aromatic heterocycles. The van der Waals surface area contributed by atoms with E-state index in [4.69, 9.17) is 13.7 Å². The van der Waals surface area contributed by atoms with E-state index in [0.717, 1.165) is 19.4 Å². The second-order valence-corrected chi connectivity index (χ2v) is 8.24. The summed E-state index contributed by atoms with van der Waals surface area (Å²) in [5.74, 6) is -1.81. The maximum absolute atomic E-state index is 12.5. The SMILES string of the molecule is CC(=O)OC(COS(=O)(=O)c1ccc(C)cc1)C(Cn1cccc1[N+](=O)[O-])OC(C)=O. The Morgan fingerprint density at radius 1 is 1.06 bits per heavy atom. The van der Waals surface area contributed by atoms with Crippen LogP contribution in [0.3, 0.4) is 0 Å². The molecule has 1 heterocycles. The van der Waals surface area contributed by atoms with Crippen LogP contribution in [0.4, 0.5) is 5.82 Å². The number of hydrogen-bond donors (Lipinski definition) is 0. The highest BCUT2D eigenvalue weighted by Gasteiger charge is 2.33. The summed E-state index contributed by atoms with van der Waals surface area (Å²) in [6.45, 7) is 3.05. The molecule has 0 aliphatic carbocycles. The van der Waals surface area contributed by atoms with E-state index in [1.807, 2.05) is 0 Å². The van der Waals surface area contributed by atoms with Gasteiger partial charge in [-0.15, -0.1) is 0 Å². The van der Waals surface area contributed by atoms with Crippen molar-refractivity contribution in [2.45, 2.75) is 44.4 Å². The number of aryl methyl sites for hydroxylation is 1. The van der Waals surface area contributed by atoms with Crippen molar-refractivity contribution in [2.24, 2.45) is 0 Å². The van der Waals surface area contributed by atoms with Gasteiger partial charge in [-0.1, -0.05) is 17.7 Å². The maximum Gasteiger partial charge on any atom is 0.323 e. The van der Waals surface area contributed by atoms with E-state index in [0.29, 0.717) is 0 Å². The van der Waals surface area contributed by atoms with Crippen molar-refractivity contribution in [1.82, 2.24) is 4.57 Å². The average molecular weight is 454 g/mol. The number of carbonyl (C=O) groups excluding carboxylic acids is 2. The summed E-state index contributed by atoms with van der Waals surface area (Å²) in [4.78, 5) is 33.6. The fourth-order valence-corrected chi connectivity index (χ4v) is 3.64. The van der Waals surface area contributed by atoms with Crippen molar-refractivity contribution in [3.63, 3.8) is 0 Å². The minimum Gasteiger partial charge on any atom is -0.456 e. The van der Waals surface area contributed by atoms with Crippen LogP contribution < -0.4 is 0 Å². The summed E-state index contributed by atoms with van der Waals surface area (Å²) in [5, 5.41) is 11.2. The van der Waals surface area contributed by atoms with Crippen LogP contribution in [0, 0.1) is 17.0 Å². The molecule has 2 atom stereocenters. The molecule has 2 aromatic rings. The maximum atomic E-state index is 12.5. The summed E-state index contributed by atoms with van der Waals surface area (Å²) in [6, 6.07) is 8.56. The van der Waals surface area contributed by atoms with Gasteiger partial charge in [-0.3, -0.25) is 13.8 Å². The summed E-state index contributed by atoms with van der Waals surface area (Å²) in [7, 11) is -4.20. The largest absolute Gasteiger partial charge is 0.456 e. The Balaban J connectivity index is 2.27. The topological polar surface area (TPSA) is 144 Å². The number of nitro groups is 1. The van der Waals surface area contributed by atoms with E-state index >= 15 is 0 Å². The Kier molecular flexibility index (Phi) is 7.89. The molecule has 0 saturated heterocycles. The van der Waals surface area contributed by atoms with Crippen molar-refractivity contribution in [1.29, 1.82) is 0 Å². The van der Waals surface area contributed by atoms with Gasteiger partial charge >= 0.3 is 17.8 Å². The second-order valence-electron chi connectivity index (χ2n) is 6.62. The summed E-state index contributed by atoms with van der Waals surface area (Å²) >= 11 is 0. The molecule has 0 N–H and O–H groups in total. The van der Waals surface area contributed by atoms with Gasteiger partial charge in [0.1, 0.15) is 13.2 Å². The third-order valence-electron chi connectivity index (χ3n) is 4.12. The minimum atomic E-state index is -4.20. The van der Waals surface area contributed by atoms with Gasteiger partial charge < -0.3 is 19.6 Å². The van der Waals surface area contributed by atoms with E-state index in [-0.39, 0.29) is 17.3 Å². The van der Waals surface area contributed by atoms with Gasteiger partial charge in [-0.25, -0.2) is 4.57 Å². The molecular formula is C19H22N2O9S. The smallest absolute Gasteiger partial charge is 0.323 e. The van der Waals surface area contributed by atoms with Crippen LogP contribution in [0.15, 0.2) is 47.5 Å². The lowest BCUT2D eigenvalue weighted by Crippen LogP contribution is -2.41. The summed E-state index contributed by atoms with van der Waals surface area (Å²) < 4.78 is 41.5. The number of benzene rings is 1. The quantitative estimate of drug-likeness (QED) is 0.228. The first-order valence-corrected chi connectivity index (χ1v) is 10.5. The van der Waals surface area contributed by atoms with Gasteiger partial charge in [0.25, 0.3) is 10.1 Å². The van der Waals surface area contributed by atoms with Gasteiger partial charge in [0.15, 0.2) is 12.2 Å². The summed E-state index contributed by atoms with van der Waals surface area (Å²) in [6.07, 6.45) is -1.21. The van der Waals surface area contributed by atoms with E-state index in [2.05, 4.69) is 0 Å². The first-order chi connectivity index (χ1) is 14.5. The predicted octanol–water partition coefficient (Wildman–Crippen LogP) is 1.97. The molecule has 11 nitrogen and oxygen atoms in total. The third kappa shape index (κ3) is 6.89. The highest BCUT2D eigenvalue weighted by molar-refractivity contribution is 7.86. The highest BCUT2D eigenvalue weighted by Crippen LogP contribution is 2.19. The molecule has 2 rings (SSSR count). The van der Waals surface area contributed by atoms with Crippen LogP contribution in [0.25, 0.3) is 0 Å². The number of hydrogen-bond acceptors (Lipinski definition) is 9. The summed E-state index contributed by atoms with van der Waals surface area (Å²) in [5.41, 5.74) is 0.847. The molecule has 0 bridgehead atoms. The molecule has 168 valence electrons. The molecule has 0 saturated carbocycles. The van der Waals surface area contributed by atoms with Crippen molar-refractivity contribution in [3.05, 3.63) is 58.3 Å². The van der Waals surface area contributed by atoms with Gasteiger partial charge in [-0.2, -0.15) is 8.42 Å². The van der Waals surface area contributed by atoms with E-state index in [1.54, 1.807) is 19.1 Å². The van der Waals surface area contributed by atoms with E-state index < -0.39 is 45.8 Å². The zero-order valence-corrected chi connectivity index (χ0v) is 17.9. The van der Waals surface area contributed by atoms with Crippen molar-refractivity contribution >= 4 is 27.9 Å². The van der Waals surface area contributed by atoms with Gasteiger partial charge in [-0.05, 0) is 30.0 Å². The first-order valence-electron chi connectivity index (χ1n) is 9.09. The molecule has 12 heteroatoms. The Labute approximate surface area is 178 Å². The number of carbonyl (C=O) groups is 2. The van der Waals surface area contributed by atoms with Gasteiger partial charge in [0, 0.05) is 19.9 Å². The number of ether oxygens (including phenoxy) is 2. The molecule has 0 aliphatic heterocycles. The monoisotopic (exact) mass is 454 g/mol. The molecule has 2 unspecified atom stereocenters.